The van der Waals surface area contributed by atoms with Crippen LogP contribution in [0.15, 0.2) is 0 Å². The second-order valence-corrected chi connectivity index (χ2v) is 4.94. The molecule has 3 N–H and O–H groups in total. The number of aliphatic hydroxyl groups is 1. The monoisotopic (exact) mass is 259 g/mol. The van der Waals surface area contributed by atoms with Crippen LogP contribution in [0.4, 0.5) is 4.79 Å². The number of amides is 2. The zero-order valence-electron chi connectivity index (χ0n) is 11.0. The molecule has 0 radical (unpaired) electrons. The van der Waals surface area contributed by atoms with Crippen LogP contribution in [0.1, 0.15) is 6.92 Å². The van der Waals surface area contributed by atoms with Crippen molar-refractivity contribution < 1.29 is 19.8 Å². The number of nitrogens with zero attached hydrogens (tertiary/aromatic N) is 2. The SMILES string of the molecule is CC1CN(C(=O)N[C@@H](CO)C(=O)O)CC1N(C)C. The zero-order valence-corrected chi connectivity index (χ0v) is 11.0. The molecule has 2 unspecified atom stereocenters. The van der Waals surface area contributed by atoms with Gasteiger partial charge in [-0.2, -0.15) is 0 Å². The topological polar surface area (TPSA) is 93.1 Å². The van der Waals surface area contributed by atoms with Gasteiger partial charge in [-0.05, 0) is 20.0 Å². The average Bonchev–Trinajstić information content (AvgIpc) is 2.67. The van der Waals surface area contributed by atoms with Gasteiger partial charge in [0.2, 0.25) is 0 Å². The minimum Gasteiger partial charge on any atom is -0.480 e. The van der Waals surface area contributed by atoms with Gasteiger partial charge in [-0.15, -0.1) is 0 Å². The number of hydrogen-bond donors (Lipinski definition) is 3. The van der Waals surface area contributed by atoms with Crippen LogP contribution in [0.5, 0.6) is 0 Å². The Morgan fingerprint density at radius 1 is 1.44 bits per heavy atom. The van der Waals surface area contributed by atoms with Crippen LogP contribution in [0.25, 0.3) is 0 Å². The van der Waals surface area contributed by atoms with Crippen LogP contribution in [0, 0.1) is 5.92 Å². The third kappa shape index (κ3) is 3.33. The van der Waals surface area contributed by atoms with Crippen molar-refractivity contribution >= 4 is 12.0 Å². The third-order valence-corrected chi connectivity index (χ3v) is 3.30. The Kier molecular flexibility index (Phi) is 4.92. The molecule has 0 spiro atoms. The Labute approximate surface area is 106 Å². The Hall–Kier alpha value is -1.34. The Morgan fingerprint density at radius 3 is 2.44 bits per heavy atom. The molecule has 2 amide bonds. The van der Waals surface area contributed by atoms with Crippen molar-refractivity contribution in [2.45, 2.75) is 19.0 Å². The summed E-state index contributed by atoms with van der Waals surface area (Å²) >= 11 is 0. The van der Waals surface area contributed by atoms with E-state index in [-0.39, 0.29) is 6.04 Å². The minimum absolute atomic E-state index is 0.271. The Bertz CT molecular complexity index is 321. The molecule has 0 saturated carbocycles. The summed E-state index contributed by atoms with van der Waals surface area (Å²) in [6.45, 7) is 2.60. The highest BCUT2D eigenvalue weighted by atomic mass is 16.4. The van der Waals surface area contributed by atoms with E-state index in [1.807, 2.05) is 14.1 Å². The number of likely N-dealkylation sites (N-methyl/N-ethyl adjacent to an activating group) is 1. The molecule has 0 aromatic heterocycles. The molecule has 18 heavy (non-hydrogen) atoms. The molecule has 1 aliphatic heterocycles. The highest BCUT2D eigenvalue weighted by Gasteiger charge is 2.34. The smallest absolute Gasteiger partial charge is 0.328 e. The summed E-state index contributed by atoms with van der Waals surface area (Å²) in [6, 6.07) is -1.41. The molecule has 104 valence electrons. The molecule has 0 bridgehead atoms. The summed E-state index contributed by atoms with van der Waals surface area (Å²) in [5, 5.41) is 19.9. The molecular formula is C11H21N3O4. The molecule has 0 aromatic carbocycles. The lowest BCUT2D eigenvalue weighted by molar-refractivity contribution is -0.140. The van der Waals surface area contributed by atoms with E-state index in [4.69, 9.17) is 10.2 Å². The van der Waals surface area contributed by atoms with Gasteiger partial charge in [0, 0.05) is 19.1 Å². The van der Waals surface area contributed by atoms with Crippen molar-refractivity contribution in [3.05, 3.63) is 0 Å². The second kappa shape index (κ2) is 6.01. The van der Waals surface area contributed by atoms with Gasteiger partial charge in [0.25, 0.3) is 0 Å². The molecule has 1 rings (SSSR count). The first-order chi connectivity index (χ1) is 8.36. The highest BCUT2D eigenvalue weighted by Crippen LogP contribution is 2.19. The summed E-state index contributed by atoms with van der Waals surface area (Å²) in [6.07, 6.45) is 0. The number of urea groups is 1. The van der Waals surface area contributed by atoms with Gasteiger partial charge in [0.1, 0.15) is 0 Å². The van der Waals surface area contributed by atoms with E-state index in [1.54, 1.807) is 4.90 Å². The van der Waals surface area contributed by atoms with Crippen LogP contribution in [0.3, 0.4) is 0 Å². The molecule has 0 aromatic rings. The highest BCUT2D eigenvalue weighted by molar-refractivity contribution is 5.82. The summed E-state index contributed by atoms with van der Waals surface area (Å²) in [4.78, 5) is 26.2. The van der Waals surface area contributed by atoms with Crippen LogP contribution < -0.4 is 5.32 Å². The van der Waals surface area contributed by atoms with Gasteiger partial charge >= 0.3 is 12.0 Å². The van der Waals surface area contributed by atoms with E-state index in [1.165, 1.54) is 0 Å². The number of likely N-dealkylation sites (tertiary alicyclic amines) is 1. The second-order valence-electron chi connectivity index (χ2n) is 4.94. The lowest BCUT2D eigenvalue weighted by Gasteiger charge is -2.23. The standard InChI is InChI=1S/C11H21N3O4/c1-7-4-14(5-9(7)13(2)3)11(18)12-8(6-15)10(16)17/h7-9,15H,4-6H2,1-3H3,(H,12,18)(H,16,17)/t7?,8-,9?/m0/s1. The Balaban J connectivity index is 2.56. The lowest BCUT2D eigenvalue weighted by Crippen LogP contribution is -2.49. The van der Waals surface area contributed by atoms with Crippen LogP contribution in [0.2, 0.25) is 0 Å². The number of aliphatic hydroxyl groups excluding tert-OH is 1. The maximum absolute atomic E-state index is 11.9. The number of carbonyl (C=O) groups is 2. The molecule has 1 heterocycles. The average molecular weight is 259 g/mol. The van der Waals surface area contributed by atoms with Crippen molar-refractivity contribution in [2.24, 2.45) is 5.92 Å². The molecule has 1 saturated heterocycles. The fourth-order valence-corrected chi connectivity index (χ4v) is 2.21. The van der Waals surface area contributed by atoms with Crippen molar-refractivity contribution in [3.8, 4) is 0 Å². The summed E-state index contributed by atoms with van der Waals surface area (Å²) in [5.41, 5.74) is 0. The molecule has 0 aliphatic carbocycles. The van der Waals surface area contributed by atoms with E-state index in [9.17, 15) is 9.59 Å². The van der Waals surface area contributed by atoms with Gasteiger partial charge < -0.3 is 25.3 Å². The van der Waals surface area contributed by atoms with Gasteiger partial charge in [-0.25, -0.2) is 9.59 Å². The van der Waals surface area contributed by atoms with Crippen molar-refractivity contribution in [2.75, 3.05) is 33.8 Å². The number of hydrogen-bond acceptors (Lipinski definition) is 4. The van der Waals surface area contributed by atoms with Crippen molar-refractivity contribution in [3.63, 3.8) is 0 Å². The van der Waals surface area contributed by atoms with E-state index >= 15 is 0 Å². The molecular weight excluding hydrogens is 238 g/mol. The fraction of sp³-hybridized carbons (Fsp3) is 0.818. The quantitative estimate of drug-likeness (QED) is 0.603. The molecule has 3 atom stereocenters. The predicted molar refractivity (Wildman–Crippen MR) is 65.3 cm³/mol. The summed E-state index contributed by atoms with van der Waals surface area (Å²) < 4.78 is 0. The van der Waals surface area contributed by atoms with Gasteiger partial charge in [0.15, 0.2) is 6.04 Å². The van der Waals surface area contributed by atoms with Crippen LogP contribution >= 0.6 is 0 Å². The first-order valence-corrected chi connectivity index (χ1v) is 5.92. The van der Waals surface area contributed by atoms with E-state index in [2.05, 4.69) is 17.1 Å². The molecule has 7 heteroatoms. The first-order valence-electron chi connectivity index (χ1n) is 5.92. The number of aliphatic carboxylic acids is 1. The number of carboxylic acids is 1. The molecule has 7 nitrogen and oxygen atoms in total. The fourth-order valence-electron chi connectivity index (χ4n) is 2.21. The molecule has 1 aliphatic rings. The third-order valence-electron chi connectivity index (χ3n) is 3.30. The van der Waals surface area contributed by atoms with E-state index in [0.717, 1.165) is 0 Å². The number of carbonyl (C=O) groups excluding carboxylic acids is 1. The maximum Gasteiger partial charge on any atom is 0.328 e. The van der Waals surface area contributed by atoms with Gasteiger partial charge in [-0.3, -0.25) is 0 Å². The van der Waals surface area contributed by atoms with Gasteiger partial charge in [-0.1, -0.05) is 6.92 Å². The molecule has 1 fully saturated rings. The predicted octanol–water partition coefficient (Wildman–Crippen LogP) is -0.977. The largest absolute Gasteiger partial charge is 0.480 e. The van der Waals surface area contributed by atoms with Crippen LogP contribution in [-0.2, 0) is 4.79 Å². The minimum atomic E-state index is -1.24. The lowest BCUT2D eigenvalue weighted by atomic mass is 10.1. The number of nitrogens with one attached hydrogen (secondary N) is 1. The van der Waals surface area contributed by atoms with Gasteiger partial charge in [0.05, 0.1) is 6.61 Å². The summed E-state index contributed by atoms with van der Waals surface area (Å²) in [7, 11) is 3.91. The normalized spacial score (nSPS) is 25.3. The summed E-state index contributed by atoms with van der Waals surface area (Å²) in [5.74, 6) is -0.898. The van der Waals surface area contributed by atoms with E-state index < -0.39 is 24.6 Å². The number of rotatable bonds is 4. The van der Waals surface area contributed by atoms with Crippen LogP contribution in [-0.4, -0.2) is 77.9 Å². The number of carboxylic acid groups (broad SMARTS) is 1. The van der Waals surface area contributed by atoms with Crippen molar-refractivity contribution in [1.29, 1.82) is 0 Å². The first kappa shape index (κ1) is 14.7. The zero-order chi connectivity index (χ0) is 13.9. The van der Waals surface area contributed by atoms with Crippen molar-refractivity contribution in [1.82, 2.24) is 15.1 Å². The van der Waals surface area contributed by atoms with E-state index in [0.29, 0.717) is 19.0 Å². The Morgan fingerprint density at radius 2 is 2.06 bits per heavy atom. The maximum atomic E-state index is 11.9.